The summed E-state index contributed by atoms with van der Waals surface area (Å²) in [4.78, 5) is 11.5. The first-order valence-electron chi connectivity index (χ1n) is 5.63. The first-order chi connectivity index (χ1) is 8.20. The van der Waals surface area contributed by atoms with Gasteiger partial charge >= 0.3 is 5.97 Å². The minimum atomic E-state index is -0.275. The van der Waals surface area contributed by atoms with Crippen molar-refractivity contribution < 1.29 is 9.53 Å². The average molecular weight is 229 g/mol. The van der Waals surface area contributed by atoms with Gasteiger partial charge in [-0.15, -0.1) is 0 Å². The lowest BCUT2D eigenvalue weighted by Crippen LogP contribution is -2.04. The highest BCUT2D eigenvalue weighted by Crippen LogP contribution is 2.12. The van der Waals surface area contributed by atoms with Crippen molar-refractivity contribution in [3.05, 3.63) is 53.9 Å². The lowest BCUT2D eigenvalue weighted by Gasteiger charge is -2.05. The van der Waals surface area contributed by atoms with Gasteiger partial charge in [-0.25, -0.2) is 4.79 Å². The molecule has 0 unspecified atom stereocenters. The summed E-state index contributed by atoms with van der Waals surface area (Å²) in [6.45, 7) is 4.25. The summed E-state index contributed by atoms with van der Waals surface area (Å²) in [6, 6.07) is 9.42. The summed E-state index contributed by atoms with van der Waals surface area (Å²) in [5.74, 6) is -0.275. The number of aryl methyl sites for hydroxylation is 1. The van der Waals surface area contributed by atoms with Crippen molar-refractivity contribution in [3.63, 3.8) is 0 Å². The van der Waals surface area contributed by atoms with Gasteiger partial charge in [0.05, 0.1) is 12.2 Å². The molecular formula is C14H15NO2. The first-order valence-corrected chi connectivity index (χ1v) is 5.63. The van der Waals surface area contributed by atoms with Crippen LogP contribution in [0, 0.1) is 6.92 Å². The second-order valence-corrected chi connectivity index (χ2v) is 3.86. The largest absolute Gasteiger partial charge is 0.462 e. The molecule has 0 aliphatic heterocycles. The van der Waals surface area contributed by atoms with Gasteiger partial charge in [-0.2, -0.15) is 0 Å². The third-order valence-electron chi connectivity index (χ3n) is 2.52. The van der Waals surface area contributed by atoms with E-state index < -0.39 is 0 Å². The Balaban J connectivity index is 2.21. The quantitative estimate of drug-likeness (QED) is 0.758. The van der Waals surface area contributed by atoms with Crippen molar-refractivity contribution in [1.29, 1.82) is 0 Å². The molecule has 2 rings (SSSR count). The van der Waals surface area contributed by atoms with Crippen LogP contribution in [0.15, 0.2) is 42.7 Å². The fourth-order valence-electron chi connectivity index (χ4n) is 1.65. The molecule has 0 saturated carbocycles. The molecule has 0 atom stereocenters. The molecule has 1 heterocycles. The summed E-state index contributed by atoms with van der Waals surface area (Å²) in [5, 5.41) is 0. The maximum absolute atomic E-state index is 11.5. The monoisotopic (exact) mass is 229 g/mol. The van der Waals surface area contributed by atoms with Crippen LogP contribution in [-0.2, 0) is 4.74 Å². The van der Waals surface area contributed by atoms with Crippen molar-refractivity contribution in [3.8, 4) is 5.69 Å². The molecule has 3 nitrogen and oxygen atoms in total. The van der Waals surface area contributed by atoms with Crippen LogP contribution in [0.5, 0.6) is 0 Å². The van der Waals surface area contributed by atoms with Gasteiger partial charge in [0.15, 0.2) is 0 Å². The molecule has 88 valence electrons. The second kappa shape index (κ2) is 4.87. The van der Waals surface area contributed by atoms with E-state index in [-0.39, 0.29) is 5.97 Å². The van der Waals surface area contributed by atoms with E-state index in [1.54, 1.807) is 19.1 Å². The Bertz CT molecular complexity index is 511. The fraction of sp³-hybridized carbons (Fsp3) is 0.214. The number of aromatic nitrogens is 1. The minimum Gasteiger partial charge on any atom is -0.462 e. The van der Waals surface area contributed by atoms with Crippen LogP contribution in [0.3, 0.4) is 0 Å². The minimum absolute atomic E-state index is 0.275. The van der Waals surface area contributed by atoms with E-state index in [1.165, 1.54) is 5.56 Å². The van der Waals surface area contributed by atoms with E-state index >= 15 is 0 Å². The normalized spacial score (nSPS) is 10.2. The standard InChI is InChI=1S/C14H15NO2/c1-3-17-14(16)12-4-6-13(7-5-12)15-9-8-11(2)10-15/h4-10H,3H2,1-2H3. The zero-order valence-corrected chi connectivity index (χ0v) is 10.0. The van der Waals surface area contributed by atoms with Gasteiger partial charge in [0.25, 0.3) is 0 Å². The van der Waals surface area contributed by atoms with Crippen molar-refractivity contribution in [1.82, 2.24) is 4.57 Å². The molecule has 3 heteroatoms. The van der Waals surface area contributed by atoms with Crippen LogP contribution in [0.2, 0.25) is 0 Å². The van der Waals surface area contributed by atoms with Gasteiger partial charge in [0.1, 0.15) is 0 Å². The molecule has 0 aliphatic rings. The molecule has 1 aromatic carbocycles. The highest BCUT2D eigenvalue weighted by molar-refractivity contribution is 5.89. The number of carbonyl (C=O) groups is 1. The van der Waals surface area contributed by atoms with Crippen molar-refractivity contribution in [2.75, 3.05) is 6.61 Å². The number of benzene rings is 1. The van der Waals surface area contributed by atoms with Crippen LogP contribution in [0.4, 0.5) is 0 Å². The topological polar surface area (TPSA) is 31.2 Å². The van der Waals surface area contributed by atoms with E-state index in [2.05, 4.69) is 0 Å². The lowest BCUT2D eigenvalue weighted by atomic mass is 10.2. The molecule has 0 spiro atoms. The molecule has 0 saturated heterocycles. The number of hydrogen-bond acceptors (Lipinski definition) is 2. The third kappa shape index (κ3) is 2.56. The van der Waals surface area contributed by atoms with Gasteiger partial charge in [-0.3, -0.25) is 0 Å². The van der Waals surface area contributed by atoms with Crippen molar-refractivity contribution in [2.45, 2.75) is 13.8 Å². The number of ether oxygens (including phenoxy) is 1. The number of hydrogen-bond donors (Lipinski definition) is 0. The molecule has 0 N–H and O–H groups in total. The highest BCUT2D eigenvalue weighted by Gasteiger charge is 2.05. The third-order valence-corrected chi connectivity index (χ3v) is 2.52. The van der Waals surface area contributed by atoms with Crippen LogP contribution in [-0.4, -0.2) is 17.1 Å². The average Bonchev–Trinajstić information content (AvgIpc) is 2.76. The van der Waals surface area contributed by atoms with Crippen LogP contribution >= 0.6 is 0 Å². The summed E-state index contributed by atoms with van der Waals surface area (Å²) < 4.78 is 6.95. The van der Waals surface area contributed by atoms with Crippen LogP contribution in [0.25, 0.3) is 5.69 Å². The Morgan fingerprint density at radius 2 is 1.94 bits per heavy atom. The van der Waals surface area contributed by atoms with Gasteiger partial charge < -0.3 is 9.30 Å². The van der Waals surface area contributed by atoms with Gasteiger partial charge in [-0.05, 0) is 49.7 Å². The second-order valence-electron chi connectivity index (χ2n) is 3.86. The van der Waals surface area contributed by atoms with Gasteiger partial charge in [0.2, 0.25) is 0 Å². The molecule has 0 amide bonds. The van der Waals surface area contributed by atoms with Crippen molar-refractivity contribution >= 4 is 5.97 Å². The molecule has 0 aliphatic carbocycles. The number of rotatable bonds is 3. The van der Waals surface area contributed by atoms with Gasteiger partial charge in [-0.1, -0.05) is 0 Å². The van der Waals surface area contributed by atoms with Crippen molar-refractivity contribution in [2.24, 2.45) is 0 Å². The Labute approximate surface area is 101 Å². The van der Waals surface area contributed by atoms with E-state index in [9.17, 15) is 4.79 Å². The highest BCUT2D eigenvalue weighted by atomic mass is 16.5. The number of carbonyl (C=O) groups excluding carboxylic acids is 1. The van der Waals surface area contributed by atoms with Gasteiger partial charge in [0, 0.05) is 18.1 Å². The summed E-state index contributed by atoms with van der Waals surface area (Å²) >= 11 is 0. The summed E-state index contributed by atoms with van der Waals surface area (Å²) in [5.41, 5.74) is 2.82. The predicted octanol–water partition coefficient (Wildman–Crippen LogP) is 2.96. The molecule has 0 radical (unpaired) electrons. The van der Waals surface area contributed by atoms with E-state index in [1.807, 2.05) is 42.1 Å². The Kier molecular flexibility index (Phi) is 3.28. The first kappa shape index (κ1) is 11.5. The maximum atomic E-state index is 11.5. The van der Waals surface area contributed by atoms with E-state index in [0.717, 1.165) is 5.69 Å². The molecule has 2 aromatic rings. The molecule has 0 fully saturated rings. The summed E-state index contributed by atoms with van der Waals surface area (Å²) in [6.07, 6.45) is 4.04. The van der Waals surface area contributed by atoms with Crippen LogP contribution < -0.4 is 0 Å². The molecule has 17 heavy (non-hydrogen) atoms. The SMILES string of the molecule is CCOC(=O)c1ccc(-n2ccc(C)c2)cc1. The Hall–Kier alpha value is -2.03. The molecule has 0 bridgehead atoms. The summed E-state index contributed by atoms with van der Waals surface area (Å²) in [7, 11) is 0. The maximum Gasteiger partial charge on any atom is 0.338 e. The Morgan fingerprint density at radius 3 is 2.47 bits per heavy atom. The number of esters is 1. The lowest BCUT2D eigenvalue weighted by molar-refractivity contribution is 0.0526. The smallest absolute Gasteiger partial charge is 0.338 e. The fourth-order valence-corrected chi connectivity index (χ4v) is 1.65. The molecule has 1 aromatic heterocycles. The van der Waals surface area contributed by atoms with E-state index in [0.29, 0.717) is 12.2 Å². The predicted molar refractivity (Wildman–Crippen MR) is 66.5 cm³/mol. The van der Waals surface area contributed by atoms with E-state index in [4.69, 9.17) is 4.74 Å². The molecular weight excluding hydrogens is 214 g/mol. The van der Waals surface area contributed by atoms with Crippen LogP contribution in [0.1, 0.15) is 22.8 Å². The zero-order valence-electron chi connectivity index (χ0n) is 10.0. The Morgan fingerprint density at radius 1 is 1.24 bits per heavy atom. The zero-order chi connectivity index (χ0) is 12.3. The number of nitrogens with zero attached hydrogens (tertiary/aromatic N) is 1.